The molecule has 0 aliphatic heterocycles. The summed E-state index contributed by atoms with van der Waals surface area (Å²) in [5.74, 6) is 0.293. The van der Waals surface area contributed by atoms with E-state index in [1.807, 2.05) is 6.07 Å². The van der Waals surface area contributed by atoms with E-state index in [1.165, 1.54) is 0 Å². The zero-order valence-electron chi connectivity index (χ0n) is 9.14. The molecule has 0 saturated carbocycles. The number of aromatic nitrogens is 3. The molecule has 0 saturated heterocycles. The van der Waals surface area contributed by atoms with Gasteiger partial charge in [-0.2, -0.15) is 5.26 Å². The summed E-state index contributed by atoms with van der Waals surface area (Å²) in [7, 11) is 0. The van der Waals surface area contributed by atoms with Gasteiger partial charge in [-0.05, 0) is 12.8 Å². The highest BCUT2D eigenvalue weighted by molar-refractivity contribution is 5.27. The van der Waals surface area contributed by atoms with Crippen LogP contribution in [-0.2, 0) is 6.54 Å². The lowest BCUT2D eigenvalue weighted by Gasteiger charge is -2.13. The molecular formula is C10H16N4O. The smallest absolute Gasteiger partial charge is 0.186 e. The molecule has 0 amide bonds. The highest BCUT2D eigenvalue weighted by Gasteiger charge is 2.19. The molecule has 1 heterocycles. The first-order valence-electron chi connectivity index (χ1n) is 5.22. The van der Waals surface area contributed by atoms with Crippen molar-refractivity contribution in [3.63, 3.8) is 0 Å². The molecule has 0 fully saturated rings. The van der Waals surface area contributed by atoms with Crippen molar-refractivity contribution >= 4 is 0 Å². The minimum Gasteiger partial charge on any atom is -0.394 e. The summed E-state index contributed by atoms with van der Waals surface area (Å²) >= 11 is 0. The highest BCUT2D eigenvalue weighted by atomic mass is 16.3. The Morgan fingerprint density at radius 2 is 2.13 bits per heavy atom. The number of nitrogens with zero attached hydrogens (tertiary/aromatic N) is 4. The SMILES string of the molecule is CCC(CC)c1c(C#N)nnn1CCO. The lowest BCUT2D eigenvalue weighted by molar-refractivity contribution is 0.264. The van der Waals surface area contributed by atoms with Gasteiger partial charge < -0.3 is 5.11 Å². The van der Waals surface area contributed by atoms with Crippen molar-refractivity contribution in [2.75, 3.05) is 6.61 Å². The van der Waals surface area contributed by atoms with E-state index in [2.05, 4.69) is 24.2 Å². The van der Waals surface area contributed by atoms with Crippen LogP contribution in [0.5, 0.6) is 0 Å². The van der Waals surface area contributed by atoms with Gasteiger partial charge in [0.25, 0.3) is 0 Å². The molecule has 0 spiro atoms. The largest absolute Gasteiger partial charge is 0.394 e. The predicted molar refractivity (Wildman–Crippen MR) is 55.1 cm³/mol. The molecule has 0 aliphatic carbocycles. The minimum atomic E-state index is 0.0153. The lowest BCUT2D eigenvalue weighted by Crippen LogP contribution is -2.12. The molecule has 5 heteroatoms. The third kappa shape index (κ3) is 2.34. The van der Waals surface area contributed by atoms with Gasteiger partial charge in [0.05, 0.1) is 18.8 Å². The Bertz CT molecular complexity index is 349. The normalized spacial score (nSPS) is 10.6. The predicted octanol–water partition coefficient (Wildman–Crippen LogP) is 1.05. The maximum absolute atomic E-state index is 8.91. The molecule has 0 aliphatic rings. The maximum atomic E-state index is 8.91. The molecule has 0 unspecified atom stereocenters. The van der Waals surface area contributed by atoms with Gasteiger partial charge >= 0.3 is 0 Å². The van der Waals surface area contributed by atoms with Crippen molar-refractivity contribution in [2.45, 2.75) is 39.2 Å². The first-order valence-corrected chi connectivity index (χ1v) is 5.22. The number of aliphatic hydroxyl groups is 1. The zero-order chi connectivity index (χ0) is 11.3. The van der Waals surface area contributed by atoms with Crippen LogP contribution in [0.4, 0.5) is 0 Å². The van der Waals surface area contributed by atoms with Crippen molar-refractivity contribution in [1.82, 2.24) is 15.0 Å². The first kappa shape index (κ1) is 11.7. The average molecular weight is 208 g/mol. The maximum Gasteiger partial charge on any atom is 0.186 e. The van der Waals surface area contributed by atoms with E-state index in [1.54, 1.807) is 4.68 Å². The Hall–Kier alpha value is -1.41. The molecule has 82 valence electrons. The number of hydrogen-bond acceptors (Lipinski definition) is 4. The van der Waals surface area contributed by atoms with Crippen LogP contribution < -0.4 is 0 Å². The number of rotatable bonds is 5. The van der Waals surface area contributed by atoms with Gasteiger partial charge in [0.1, 0.15) is 6.07 Å². The van der Waals surface area contributed by atoms with Crippen LogP contribution in [0.25, 0.3) is 0 Å². The van der Waals surface area contributed by atoms with Crippen LogP contribution in [0.3, 0.4) is 0 Å². The molecule has 0 radical (unpaired) electrons. The Balaban J connectivity index is 3.09. The fourth-order valence-electron chi connectivity index (χ4n) is 1.74. The molecular weight excluding hydrogens is 192 g/mol. The molecule has 0 atom stereocenters. The average Bonchev–Trinajstić information content (AvgIpc) is 2.64. The van der Waals surface area contributed by atoms with E-state index in [-0.39, 0.29) is 6.61 Å². The summed E-state index contributed by atoms with van der Waals surface area (Å²) in [5.41, 5.74) is 1.24. The van der Waals surface area contributed by atoms with Gasteiger partial charge in [0.2, 0.25) is 0 Å². The van der Waals surface area contributed by atoms with Gasteiger partial charge in [0, 0.05) is 5.92 Å². The summed E-state index contributed by atoms with van der Waals surface area (Å²) in [5, 5.41) is 25.5. The van der Waals surface area contributed by atoms with Crippen LogP contribution in [0.2, 0.25) is 0 Å². The molecule has 0 aromatic carbocycles. The number of nitriles is 1. The molecule has 1 aromatic heterocycles. The number of hydrogen-bond donors (Lipinski definition) is 1. The second-order valence-corrected chi connectivity index (χ2v) is 3.40. The van der Waals surface area contributed by atoms with Gasteiger partial charge in [0.15, 0.2) is 5.69 Å². The second kappa shape index (κ2) is 5.47. The van der Waals surface area contributed by atoms with Gasteiger partial charge in [-0.25, -0.2) is 4.68 Å². The lowest BCUT2D eigenvalue weighted by atomic mass is 9.98. The van der Waals surface area contributed by atoms with Crippen LogP contribution >= 0.6 is 0 Å². The molecule has 1 N–H and O–H groups in total. The second-order valence-electron chi connectivity index (χ2n) is 3.40. The van der Waals surface area contributed by atoms with Crippen molar-refractivity contribution in [3.8, 4) is 6.07 Å². The van der Waals surface area contributed by atoms with Crippen LogP contribution in [0, 0.1) is 11.3 Å². The summed E-state index contributed by atoms with van der Waals surface area (Å²) in [4.78, 5) is 0. The van der Waals surface area contributed by atoms with E-state index in [4.69, 9.17) is 10.4 Å². The fraction of sp³-hybridized carbons (Fsp3) is 0.700. The molecule has 1 aromatic rings. The van der Waals surface area contributed by atoms with E-state index in [0.29, 0.717) is 18.2 Å². The Labute approximate surface area is 89.3 Å². The van der Waals surface area contributed by atoms with E-state index in [9.17, 15) is 0 Å². The van der Waals surface area contributed by atoms with Crippen LogP contribution in [-0.4, -0.2) is 26.7 Å². The molecule has 1 rings (SSSR count). The monoisotopic (exact) mass is 208 g/mol. The van der Waals surface area contributed by atoms with Gasteiger partial charge in [-0.3, -0.25) is 0 Å². The Kier molecular flexibility index (Phi) is 4.25. The molecule has 5 nitrogen and oxygen atoms in total. The molecule has 0 bridgehead atoms. The van der Waals surface area contributed by atoms with Crippen molar-refractivity contribution in [1.29, 1.82) is 5.26 Å². The quantitative estimate of drug-likeness (QED) is 0.784. The standard InChI is InChI=1S/C10H16N4O/c1-3-8(4-2)10-9(7-11)12-13-14(10)5-6-15/h8,15H,3-6H2,1-2H3. The minimum absolute atomic E-state index is 0.0153. The Morgan fingerprint density at radius 3 is 2.60 bits per heavy atom. The summed E-state index contributed by atoms with van der Waals surface area (Å²) in [6.07, 6.45) is 1.90. The fourth-order valence-corrected chi connectivity index (χ4v) is 1.74. The first-order chi connectivity index (χ1) is 7.28. The third-order valence-corrected chi connectivity index (χ3v) is 2.56. The van der Waals surface area contributed by atoms with E-state index < -0.39 is 0 Å². The van der Waals surface area contributed by atoms with Crippen LogP contribution in [0.1, 0.15) is 44.0 Å². The van der Waals surface area contributed by atoms with Crippen molar-refractivity contribution in [2.24, 2.45) is 0 Å². The highest BCUT2D eigenvalue weighted by Crippen LogP contribution is 2.24. The summed E-state index contributed by atoms with van der Waals surface area (Å²) in [6.45, 7) is 4.57. The summed E-state index contributed by atoms with van der Waals surface area (Å²) < 4.78 is 1.64. The van der Waals surface area contributed by atoms with Crippen molar-refractivity contribution < 1.29 is 5.11 Å². The van der Waals surface area contributed by atoms with Crippen molar-refractivity contribution in [3.05, 3.63) is 11.4 Å². The number of aliphatic hydroxyl groups excluding tert-OH is 1. The Morgan fingerprint density at radius 1 is 1.47 bits per heavy atom. The topological polar surface area (TPSA) is 74.7 Å². The van der Waals surface area contributed by atoms with Crippen LogP contribution in [0.15, 0.2) is 0 Å². The molecule has 15 heavy (non-hydrogen) atoms. The van der Waals surface area contributed by atoms with E-state index >= 15 is 0 Å². The van der Waals surface area contributed by atoms with Gasteiger partial charge in [-0.15, -0.1) is 5.10 Å². The van der Waals surface area contributed by atoms with Gasteiger partial charge in [-0.1, -0.05) is 19.1 Å². The van der Waals surface area contributed by atoms with E-state index in [0.717, 1.165) is 18.5 Å². The third-order valence-electron chi connectivity index (χ3n) is 2.56. The summed E-state index contributed by atoms with van der Waals surface area (Å²) in [6, 6.07) is 2.05. The zero-order valence-corrected chi connectivity index (χ0v) is 9.14.